The van der Waals surface area contributed by atoms with Crippen molar-refractivity contribution in [2.24, 2.45) is 0 Å². The molecule has 0 atom stereocenters. The number of ether oxygens (including phenoxy) is 2. The molecule has 1 radical (unpaired) electrons. The highest BCUT2D eigenvalue weighted by atomic mass is 28.3. The Morgan fingerprint density at radius 1 is 0.459 bits per heavy atom. The fraction of sp³-hybridized carbons (Fsp3) is 0.0588. The van der Waals surface area contributed by atoms with Crippen LogP contribution in [0.2, 0.25) is 0 Å². The smallest absolute Gasteiger partial charge is 0.156 e. The molecule has 0 bridgehead atoms. The minimum atomic E-state index is -1.27. The van der Waals surface area contributed by atoms with E-state index < -0.39 is 8.80 Å². The van der Waals surface area contributed by atoms with Crippen molar-refractivity contribution in [1.29, 1.82) is 0 Å². The third-order valence-corrected chi connectivity index (χ3v) is 9.85. The van der Waals surface area contributed by atoms with E-state index in [-0.39, 0.29) is 0 Å². The van der Waals surface area contributed by atoms with Crippen molar-refractivity contribution in [1.82, 2.24) is 0 Å². The van der Waals surface area contributed by atoms with Crippen LogP contribution in [-0.2, 0) is 0 Å². The van der Waals surface area contributed by atoms with Gasteiger partial charge in [0, 0.05) is 0 Å². The molecule has 0 fully saturated rings. The predicted molar refractivity (Wildman–Crippen MR) is 157 cm³/mol. The van der Waals surface area contributed by atoms with Gasteiger partial charge in [-0.25, -0.2) is 0 Å². The fourth-order valence-electron chi connectivity index (χ4n) is 5.00. The number of hydrogen-bond acceptors (Lipinski definition) is 2. The SMILES string of the molecule is COc1ccc(-c2ccc3c(c2)[Si](c2ccccc2)c2cc(-c4ccc(OC)cc4)ccc2C=C3)cc1. The van der Waals surface area contributed by atoms with E-state index in [0.29, 0.717) is 0 Å². The summed E-state index contributed by atoms with van der Waals surface area (Å²) in [5, 5.41) is 4.20. The molecule has 37 heavy (non-hydrogen) atoms. The molecular weight excluding hydrogens is 468 g/mol. The lowest BCUT2D eigenvalue weighted by atomic mass is 10.0. The monoisotopic (exact) mass is 495 g/mol. The molecule has 1 aliphatic heterocycles. The van der Waals surface area contributed by atoms with Gasteiger partial charge >= 0.3 is 0 Å². The average molecular weight is 496 g/mol. The summed E-state index contributed by atoms with van der Waals surface area (Å²) in [4.78, 5) is 0. The minimum absolute atomic E-state index is 0.871. The highest BCUT2D eigenvalue weighted by Crippen LogP contribution is 2.26. The molecule has 0 saturated heterocycles. The summed E-state index contributed by atoms with van der Waals surface area (Å²) >= 11 is 0. The Labute approximate surface area is 220 Å². The molecule has 3 heteroatoms. The molecule has 0 aliphatic carbocycles. The zero-order chi connectivity index (χ0) is 25.2. The molecule has 0 saturated carbocycles. The standard InChI is InChI=1S/C34H27O2Si/c1-35-30-18-14-24(15-19-30)28-12-10-26-8-9-27-11-13-29(25-16-20-31(36-2)21-17-25)23-34(27)37(33(26)22-28)32-6-4-3-5-7-32/h3-23H,1-2H3. The summed E-state index contributed by atoms with van der Waals surface area (Å²) < 4.78 is 10.8. The van der Waals surface area contributed by atoms with Crippen LogP contribution < -0.4 is 25.0 Å². The number of hydrogen-bond donors (Lipinski definition) is 0. The second-order valence-electron chi connectivity index (χ2n) is 9.14. The number of methoxy groups -OCH3 is 2. The predicted octanol–water partition coefficient (Wildman–Crippen LogP) is 6.04. The Hall–Kier alpha value is -4.34. The Morgan fingerprint density at radius 3 is 1.32 bits per heavy atom. The molecule has 6 rings (SSSR count). The molecule has 179 valence electrons. The Morgan fingerprint density at radius 2 is 0.892 bits per heavy atom. The lowest BCUT2D eigenvalue weighted by Gasteiger charge is -2.21. The topological polar surface area (TPSA) is 18.5 Å². The van der Waals surface area contributed by atoms with Crippen molar-refractivity contribution in [3.8, 4) is 33.8 Å². The second kappa shape index (κ2) is 9.96. The Balaban J connectivity index is 1.52. The zero-order valence-corrected chi connectivity index (χ0v) is 21.9. The summed E-state index contributed by atoms with van der Waals surface area (Å²) in [5.74, 6) is 1.74. The molecule has 1 heterocycles. The second-order valence-corrected chi connectivity index (χ2v) is 11.5. The van der Waals surface area contributed by atoms with E-state index >= 15 is 0 Å². The molecular formula is C34H27O2Si. The van der Waals surface area contributed by atoms with Gasteiger partial charge < -0.3 is 9.47 Å². The molecule has 1 aliphatic rings. The first-order valence-corrected chi connectivity index (χ1v) is 13.9. The van der Waals surface area contributed by atoms with Gasteiger partial charge in [0.05, 0.1) is 14.2 Å². The summed E-state index contributed by atoms with van der Waals surface area (Å²) in [6.07, 6.45) is 4.55. The number of fused-ring (bicyclic) bond motifs is 2. The van der Waals surface area contributed by atoms with Gasteiger partial charge in [0.25, 0.3) is 0 Å². The number of rotatable bonds is 5. The normalized spacial score (nSPS) is 12.4. The maximum absolute atomic E-state index is 5.38. The average Bonchev–Trinajstić information content (AvgIpc) is 3.13. The van der Waals surface area contributed by atoms with Crippen molar-refractivity contribution in [2.45, 2.75) is 0 Å². The summed E-state index contributed by atoms with van der Waals surface area (Å²) in [6.45, 7) is 0. The van der Waals surface area contributed by atoms with Crippen LogP contribution in [0.15, 0.2) is 115 Å². The molecule has 5 aromatic carbocycles. The van der Waals surface area contributed by atoms with Gasteiger partial charge in [-0.15, -0.1) is 0 Å². The van der Waals surface area contributed by atoms with Crippen molar-refractivity contribution < 1.29 is 9.47 Å². The highest BCUT2D eigenvalue weighted by Gasteiger charge is 2.26. The van der Waals surface area contributed by atoms with Crippen LogP contribution >= 0.6 is 0 Å². The molecule has 5 aromatic rings. The molecule has 0 amide bonds. The van der Waals surface area contributed by atoms with Crippen LogP contribution in [0.4, 0.5) is 0 Å². The van der Waals surface area contributed by atoms with E-state index in [4.69, 9.17) is 9.47 Å². The van der Waals surface area contributed by atoms with Gasteiger partial charge in [-0.1, -0.05) is 108 Å². The van der Waals surface area contributed by atoms with Gasteiger partial charge in [-0.3, -0.25) is 0 Å². The third-order valence-electron chi connectivity index (χ3n) is 7.00. The van der Waals surface area contributed by atoms with Crippen LogP contribution in [0, 0.1) is 0 Å². The zero-order valence-electron chi connectivity index (χ0n) is 20.9. The van der Waals surface area contributed by atoms with E-state index in [0.717, 1.165) is 11.5 Å². The van der Waals surface area contributed by atoms with E-state index in [1.807, 2.05) is 24.3 Å². The van der Waals surface area contributed by atoms with Crippen molar-refractivity contribution >= 4 is 36.5 Å². The van der Waals surface area contributed by atoms with Crippen LogP contribution in [0.5, 0.6) is 11.5 Å². The van der Waals surface area contributed by atoms with Crippen molar-refractivity contribution in [2.75, 3.05) is 14.2 Å². The summed E-state index contributed by atoms with van der Waals surface area (Å²) in [7, 11) is 2.14. The first-order chi connectivity index (χ1) is 18.2. The van der Waals surface area contributed by atoms with Gasteiger partial charge in [0.1, 0.15) is 11.5 Å². The highest BCUT2D eigenvalue weighted by molar-refractivity contribution is 6.96. The molecule has 0 unspecified atom stereocenters. The van der Waals surface area contributed by atoms with Crippen molar-refractivity contribution in [3.05, 3.63) is 126 Å². The van der Waals surface area contributed by atoms with Crippen LogP contribution in [0.25, 0.3) is 34.4 Å². The van der Waals surface area contributed by atoms with Gasteiger partial charge in [-0.05, 0) is 68.0 Å². The first kappa shape index (κ1) is 23.1. The van der Waals surface area contributed by atoms with Crippen LogP contribution in [0.3, 0.4) is 0 Å². The Bertz CT molecular complexity index is 1470. The summed E-state index contributed by atoms with van der Waals surface area (Å²) in [5.41, 5.74) is 7.41. The van der Waals surface area contributed by atoms with Gasteiger partial charge in [0.2, 0.25) is 0 Å². The van der Waals surface area contributed by atoms with E-state index in [1.54, 1.807) is 14.2 Å². The lowest BCUT2D eigenvalue weighted by molar-refractivity contribution is 0.415. The maximum Gasteiger partial charge on any atom is 0.156 e. The van der Waals surface area contributed by atoms with Crippen LogP contribution in [0.1, 0.15) is 11.1 Å². The molecule has 0 N–H and O–H groups in total. The van der Waals surface area contributed by atoms with E-state index in [9.17, 15) is 0 Å². The third kappa shape index (κ3) is 4.50. The molecule has 2 nitrogen and oxygen atoms in total. The van der Waals surface area contributed by atoms with Gasteiger partial charge in [0.15, 0.2) is 8.80 Å². The quantitative estimate of drug-likeness (QED) is 0.272. The fourth-order valence-corrected chi connectivity index (χ4v) is 7.95. The van der Waals surface area contributed by atoms with E-state index in [2.05, 4.69) is 103 Å². The van der Waals surface area contributed by atoms with E-state index in [1.165, 1.54) is 48.9 Å². The number of benzene rings is 5. The Kier molecular flexibility index (Phi) is 6.21. The van der Waals surface area contributed by atoms with Crippen LogP contribution in [-0.4, -0.2) is 23.0 Å². The first-order valence-electron chi connectivity index (χ1n) is 12.4. The van der Waals surface area contributed by atoms with Gasteiger partial charge in [-0.2, -0.15) is 0 Å². The molecule has 0 spiro atoms. The van der Waals surface area contributed by atoms with Crippen molar-refractivity contribution in [3.63, 3.8) is 0 Å². The maximum atomic E-state index is 5.38. The summed E-state index contributed by atoms with van der Waals surface area (Å²) in [6, 6.07) is 41.5. The largest absolute Gasteiger partial charge is 0.497 e. The molecule has 0 aromatic heterocycles. The lowest BCUT2D eigenvalue weighted by Crippen LogP contribution is -2.53. The minimum Gasteiger partial charge on any atom is -0.497 e.